The number of thiophene rings is 1. The number of hydrogen-bond acceptors (Lipinski definition) is 4. The highest BCUT2D eigenvalue weighted by molar-refractivity contribution is 7.10. The first-order valence-corrected chi connectivity index (χ1v) is 7.78. The minimum atomic E-state index is 0.0901. The van der Waals surface area contributed by atoms with Crippen molar-refractivity contribution in [2.24, 2.45) is 7.05 Å². The Morgan fingerprint density at radius 2 is 2.19 bits per heavy atom. The lowest BCUT2D eigenvalue weighted by Crippen LogP contribution is -2.24. The molecule has 0 aliphatic carbocycles. The molecule has 0 aromatic carbocycles. The zero-order valence-electron chi connectivity index (χ0n) is 12.2. The molecular formula is C16H18N4S. The summed E-state index contributed by atoms with van der Waals surface area (Å²) in [4.78, 5) is 10.3. The van der Waals surface area contributed by atoms with E-state index >= 15 is 0 Å². The average Bonchev–Trinajstić information content (AvgIpc) is 3.12. The molecule has 0 saturated carbocycles. The van der Waals surface area contributed by atoms with Gasteiger partial charge in [0.1, 0.15) is 11.9 Å². The molecule has 0 amide bonds. The summed E-state index contributed by atoms with van der Waals surface area (Å²) in [5.41, 5.74) is 2.09. The van der Waals surface area contributed by atoms with Crippen molar-refractivity contribution in [3.8, 4) is 0 Å². The SMILES string of the molecule is Cc1cccc(CNC(c2cccs2)c2nccn2C)n1. The van der Waals surface area contributed by atoms with Gasteiger partial charge in [-0.3, -0.25) is 10.3 Å². The second kappa shape index (κ2) is 6.20. The molecule has 5 heteroatoms. The molecule has 0 radical (unpaired) electrons. The van der Waals surface area contributed by atoms with Crippen molar-refractivity contribution in [3.63, 3.8) is 0 Å². The monoisotopic (exact) mass is 298 g/mol. The van der Waals surface area contributed by atoms with Crippen LogP contribution in [0.3, 0.4) is 0 Å². The standard InChI is InChI=1S/C16H18N4S/c1-12-5-3-6-13(19-12)11-18-15(14-7-4-10-21-14)16-17-8-9-20(16)2/h3-10,15,18H,11H2,1-2H3. The largest absolute Gasteiger partial charge is 0.336 e. The van der Waals surface area contributed by atoms with Gasteiger partial charge >= 0.3 is 0 Å². The van der Waals surface area contributed by atoms with Crippen LogP contribution in [0.15, 0.2) is 48.1 Å². The fourth-order valence-electron chi connectivity index (χ4n) is 2.33. The molecule has 0 aliphatic heterocycles. The molecule has 0 spiro atoms. The molecule has 3 heterocycles. The predicted molar refractivity (Wildman–Crippen MR) is 85.2 cm³/mol. The summed E-state index contributed by atoms with van der Waals surface area (Å²) in [6.07, 6.45) is 3.81. The Morgan fingerprint density at radius 1 is 1.29 bits per heavy atom. The number of nitrogens with zero attached hydrogens (tertiary/aromatic N) is 3. The Balaban J connectivity index is 1.82. The maximum atomic E-state index is 4.54. The van der Waals surface area contributed by atoms with Gasteiger partial charge in [0.15, 0.2) is 0 Å². The van der Waals surface area contributed by atoms with E-state index in [-0.39, 0.29) is 6.04 Å². The van der Waals surface area contributed by atoms with Crippen LogP contribution in [-0.4, -0.2) is 14.5 Å². The highest BCUT2D eigenvalue weighted by atomic mass is 32.1. The van der Waals surface area contributed by atoms with Crippen LogP contribution in [0.1, 0.15) is 28.1 Å². The fourth-order valence-corrected chi connectivity index (χ4v) is 3.13. The topological polar surface area (TPSA) is 42.7 Å². The van der Waals surface area contributed by atoms with E-state index in [9.17, 15) is 0 Å². The third-order valence-corrected chi connectivity index (χ3v) is 4.31. The summed E-state index contributed by atoms with van der Waals surface area (Å²) < 4.78 is 2.06. The van der Waals surface area contributed by atoms with Crippen molar-refractivity contribution in [3.05, 3.63) is 70.2 Å². The van der Waals surface area contributed by atoms with Crippen molar-refractivity contribution in [1.82, 2.24) is 19.9 Å². The van der Waals surface area contributed by atoms with Gasteiger partial charge in [-0.2, -0.15) is 0 Å². The van der Waals surface area contributed by atoms with Crippen molar-refractivity contribution < 1.29 is 0 Å². The second-order valence-electron chi connectivity index (χ2n) is 5.00. The number of aromatic nitrogens is 3. The lowest BCUT2D eigenvalue weighted by Gasteiger charge is -2.17. The Bertz CT molecular complexity index is 703. The Kier molecular flexibility index (Phi) is 4.13. The molecule has 1 unspecified atom stereocenters. The highest BCUT2D eigenvalue weighted by Gasteiger charge is 2.18. The van der Waals surface area contributed by atoms with Gasteiger partial charge in [-0.05, 0) is 30.5 Å². The summed E-state index contributed by atoms with van der Waals surface area (Å²) >= 11 is 1.74. The van der Waals surface area contributed by atoms with E-state index in [1.165, 1.54) is 4.88 Å². The Labute approximate surface area is 128 Å². The van der Waals surface area contributed by atoms with E-state index in [0.717, 1.165) is 23.8 Å². The van der Waals surface area contributed by atoms with Crippen molar-refractivity contribution >= 4 is 11.3 Å². The van der Waals surface area contributed by atoms with E-state index in [1.807, 2.05) is 44.6 Å². The van der Waals surface area contributed by atoms with Crippen LogP contribution in [0.25, 0.3) is 0 Å². The Hall–Kier alpha value is -1.98. The lowest BCUT2D eigenvalue weighted by atomic mass is 10.2. The van der Waals surface area contributed by atoms with Crippen LogP contribution < -0.4 is 5.32 Å². The molecule has 1 atom stereocenters. The molecule has 108 valence electrons. The van der Waals surface area contributed by atoms with Crippen LogP contribution in [0.2, 0.25) is 0 Å². The molecule has 0 saturated heterocycles. The molecule has 3 aromatic rings. The van der Waals surface area contributed by atoms with Gasteiger partial charge in [-0.25, -0.2) is 4.98 Å². The molecule has 1 N–H and O–H groups in total. The van der Waals surface area contributed by atoms with Crippen molar-refractivity contribution in [2.75, 3.05) is 0 Å². The van der Waals surface area contributed by atoms with Crippen LogP contribution in [0.5, 0.6) is 0 Å². The highest BCUT2D eigenvalue weighted by Crippen LogP contribution is 2.24. The third-order valence-electron chi connectivity index (χ3n) is 3.38. The van der Waals surface area contributed by atoms with Crippen LogP contribution in [-0.2, 0) is 13.6 Å². The quantitative estimate of drug-likeness (QED) is 0.787. The number of hydrogen-bond donors (Lipinski definition) is 1. The number of pyridine rings is 1. The van der Waals surface area contributed by atoms with Gasteiger partial charge in [0.25, 0.3) is 0 Å². The molecular weight excluding hydrogens is 280 g/mol. The molecule has 0 aliphatic rings. The molecule has 21 heavy (non-hydrogen) atoms. The fraction of sp³-hybridized carbons (Fsp3) is 0.250. The van der Waals surface area contributed by atoms with Gasteiger partial charge in [-0.1, -0.05) is 12.1 Å². The minimum absolute atomic E-state index is 0.0901. The summed E-state index contributed by atoms with van der Waals surface area (Å²) in [5, 5.41) is 5.67. The Morgan fingerprint density at radius 3 is 2.86 bits per heavy atom. The molecule has 3 aromatic heterocycles. The number of aryl methyl sites for hydroxylation is 2. The van der Waals surface area contributed by atoms with E-state index in [4.69, 9.17) is 0 Å². The van der Waals surface area contributed by atoms with Crippen LogP contribution in [0.4, 0.5) is 0 Å². The summed E-state index contributed by atoms with van der Waals surface area (Å²) in [6, 6.07) is 10.4. The van der Waals surface area contributed by atoms with Crippen LogP contribution >= 0.6 is 11.3 Å². The molecule has 4 nitrogen and oxygen atoms in total. The van der Waals surface area contributed by atoms with Gasteiger partial charge in [0, 0.05) is 36.6 Å². The van der Waals surface area contributed by atoms with Gasteiger partial charge in [0.2, 0.25) is 0 Å². The number of rotatable bonds is 5. The predicted octanol–water partition coefficient (Wildman–Crippen LogP) is 3.06. The maximum absolute atomic E-state index is 4.54. The average molecular weight is 298 g/mol. The first-order valence-electron chi connectivity index (χ1n) is 6.90. The lowest BCUT2D eigenvalue weighted by molar-refractivity contribution is 0.559. The zero-order chi connectivity index (χ0) is 14.7. The first-order chi connectivity index (χ1) is 10.2. The summed E-state index contributed by atoms with van der Waals surface area (Å²) in [5.74, 6) is 1.02. The van der Waals surface area contributed by atoms with E-state index < -0.39 is 0 Å². The normalized spacial score (nSPS) is 12.5. The molecule has 3 rings (SSSR count). The second-order valence-corrected chi connectivity index (χ2v) is 5.98. The number of nitrogens with one attached hydrogen (secondary N) is 1. The van der Waals surface area contributed by atoms with Gasteiger partial charge in [0.05, 0.1) is 5.69 Å². The van der Waals surface area contributed by atoms with E-state index in [1.54, 1.807) is 11.3 Å². The third kappa shape index (κ3) is 3.20. The summed E-state index contributed by atoms with van der Waals surface area (Å²) in [6.45, 7) is 2.73. The van der Waals surface area contributed by atoms with Gasteiger partial charge < -0.3 is 4.57 Å². The van der Waals surface area contributed by atoms with Gasteiger partial charge in [-0.15, -0.1) is 11.3 Å². The first kappa shape index (κ1) is 14.0. The van der Waals surface area contributed by atoms with E-state index in [0.29, 0.717) is 0 Å². The summed E-state index contributed by atoms with van der Waals surface area (Å²) in [7, 11) is 2.02. The zero-order valence-corrected chi connectivity index (χ0v) is 13.0. The van der Waals surface area contributed by atoms with Crippen molar-refractivity contribution in [1.29, 1.82) is 0 Å². The smallest absolute Gasteiger partial charge is 0.131 e. The van der Waals surface area contributed by atoms with E-state index in [2.05, 4.69) is 37.4 Å². The number of imidazole rings is 1. The molecule has 0 bridgehead atoms. The van der Waals surface area contributed by atoms with Crippen LogP contribution in [0, 0.1) is 6.92 Å². The molecule has 0 fully saturated rings. The minimum Gasteiger partial charge on any atom is -0.336 e. The van der Waals surface area contributed by atoms with Crippen molar-refractivity contribution in [2.45, 2.75) is 19.5 Å². The maximum Gasteiger partial charge on any atom is 0.131 e.